The highest BCUT2D eigenvalue weighted by Gasteiger charge is 2.39. The summed E-state index contributed by atoms with van der Waals surface area (Å²) >= 11 is 0. The Hall–Kier alpha value is -1.10. The monoisotopic (exact) mass is 289 g/mol. The first kappa shape index (κ1) is 14.8. The molecular formula is C17H27N3O. The molecule has 2 N–H and O–H groups in total. The summed E-state index contributed by atoms with van der Waals surface area (Å²) < 4.78 is 5.39. The molecule has 0 spiro atoms. The summed E-state index contributed by atoms with van der Waals surface area (Å²) in [5.74, 6) is 0.958. The Balaban J connectivity index is 1.83. The number of hydrogen-bond donors (Lipinski definition) is 1. The average molecular weight is 289 g/mol. The number of methoxy groups -OCH3 is 1. The molecule has 1 aromatic rings. The summed E-state index contributed by atoms with van der Waals surface area (Å²) in [6, 6.07) is 6.50. The lowest BCUT2D eigenvalue weighted by Gasteiger charge is -2.49. The van der Waals surface area contributed by atoms with Crippen LogP contribution in [0.4, 0.5) is 0 Å². The molecule has 4 nitrogen and oxygen atoms in total. The molecule has 1 fully saturated rings. The molecule has 1 aromatic carbocycles. The van der Waals surface area contributed by atoms with Gasteiger partial charge < -0.3 is 15.4 Å². The van der Waals surface area contributed by atoms with Gasteiger partial charge in [-0.05, 0) is 49.6 Å². The SMILES string of the molecule is COc1ccc2c(c1)CC(CN)(N1CCN(C)CC1)CC2. The van der Waals surface area contributed by atoms with Crippen LogP contribution in [0.1, 0.15) is 17.5 Å². The number of fused-ring (bicyclic) bond motifs is 1. The van der Waals surface area contributed by atoms with Crippen molar-refractivity contribution in [2.45, 2.75) is 24.8 Å². The molecule has 1 unspecified atom stereocenters. The lowest BCUT2D eigenvalue weighted by molar-refractivity contribution is 0.0347. The van der Waals surface area contributed by atoms with Crippen molar-refractivity contribution in [3.63, 3.8) is 0 Å². The first-order valence-corrected chi connectivity index (χ1v) is 7.96. The van der Waals surface area contributed by atoms with Crippen molar-refractivity contribution in [1.82, 2.24) is 9.80 Å². The Morgan fingerprint density at radius 2 is 1.95 bits per heavy atom. The Kier molecular flexibility index (Phi) is 4.20. The van der Waals surface area contributed by atoms with Crippen molar-refractivity contribution >= 4 is 0 Å². The van der Waals surface area contributed by atoms with Crippen molar-refractivity contribution in [2.75, 3.05) is 46.9 Å². The van der Waals surface area contributed by atoms with Gasteiger partial charge in [0.1, 0.15) is 5.75 Å². The van der Waals surface area contributed by atoms with Gasteiger partial charge in [-0.2, -0.15) is 0 Å². The van der Waals surface area contributed by atoms with E-state index >= 15 is 0 Å². The first-order valence-electron chi connectivity index (χ1n) is 7.96. The average Bonchev–Trinajstić information content (AvgIpc) is 2.54. The van der Waals surface area contributed by atoms with Gasteiger partial charge in [0.2, 0.25) is 0 Å². The highest BCUT2D eigenvalue weighted by atomic mass is 16.5. The summed E-state index contributed by atoms with van der Waals surface area (Å²) in [6.45, 7) is 5.30. The number of benzene rings is 1. The lowest BCUT2D eigenvalue weighted by Crippen LogP contribution is -2.61. The molecule has 2 aliphatic rings. The smallest absolute Gasteiger partial charge is 0.119 e. The van der Waals surface area contributed by atoms with Crippen LogP contribution in [0.5, 0.6) is 5.75 Å². The van der Waals surface area contributed by atoms with Gasteiger partial charge in [0, 0.05) is 38.3 Å². The third-order valence-electron chi connectivity index (χ3n) is 5.35. The Bertz CT molecular complexity index is 497. The molecule has 21 heavy (non-hydrogen) atoms. The van der Waals surface area contributed by atoms with Crippen LogP contribution in [0, 0.1) is 0 Å². The van der Waals surface area contributed by atoms with E-state index in [9.17, 15) is 0 Å². The molecular weight excluding hydrogens is 262 g/mol. The van der Waals surface area contributed by atoms with Crippen molar-refractivity contribution in [1.29, 1.82) is 0 Å². The minimum Gasteiger partial charge on any atom is -0.497 e. The maximum Gasteiger partial charge on any atom is 0.119 e. The maximum absolute atomic E-state index is 6.24. The third-order valence-corrected chi connectivity index (χ3v) is 5.35. The topological polar surface area (TPSA) is 41.7 Å². The molecule has 1 saturated heterocycles. The summed E-state index contributed by atoms with van der Waals surface area (Å²) in [7, 11) is 3.94. The van der Waals surface area contributed by atoms with Crippen LogP contribution >= 0.6 is 0 Å². The number of piperazine rings is 1. The zero-order chi connectivity index (χ0) is 14.9. The summed E-state index contributed by atoms with van der Waals surface area (Å²) in [6.07, 6.45) is 3.36. The fraction of sp³-hybridized carbons (Fsp3) is 0.647. The van der Waals surface area contributed by atoms with Gasteiger partial charge in [-0.15, -0.1) is 0 Å². The van der Waals surface area contributed by atoms with Crippen molar-refractivity contribution in [3.8, 4) is 5.75 Å². The van der Waals surface area contributed by atoms with Crippen LogP contribution in [0.3, 0.4) is 0 Å². The van der Waals surface area contributed by atoms with E-state index in [2.05, 4.69) is 35.0 Å². The van der Waals surface area contributed by atoms with E-state index < -0.39 is 0 Å². The molecule has 0 radical (unpaired) electrons. The zero-order valence-corrected chi connectivity index (χ0v) is 13.3. The van der Waals surface area contributed by atoms with Crippen molar-refractivity contribution in [2.24, 2.45) is 5.73 Å². The number of likely N-dealkylation sites (N-methyl/N-ethyl adjacent to an activating group) is 1. The van der Waals surface area contributed by atoms with Gasteiger partial charge in [0.25, 0.3) is 0 Å². The van der Waals surface area contributed by atoms with Gasteiger partial charge in [0.05, 0.1) is 7.11 Å². The molecule has 0 amide bonds. The van der Waals surface area contributed by atoms with Gasteiger partial charge in [-0.1, -0.05) is 6.07 Å². The van der Waals surface area contributed by atoms with E-state index in [0.29, 0.717) is 0 Å². The van der Waals surface area contributed by atoms with E-state index in [-0.39, 0.29) is 5.54 Å². The van der Waals surface area contributed by atoms with Gasteiger partial charge in [-0.3, -0.25) is 4.90 Å². The molecule has 1 aliphatic heterocycles. The van der Waals surface area contributed by atoms with E-state index in [1.54, 1.807) is 7.11 Å². The minimum absolute atomic E-state index is 0.140. The Labute approximate surface area is 127 Å². The quantitative estimate of drug-likeness (QED) is 0.906. The number of ether oxygens (including phenoxy) is 1. The molecule has 0 bridgehead atoms. The van der Waals surface area contributed by atoms with E-state index in [1.807, 2.05) is 0 Å². The number of nitrogens with two attached hydrogens (primary N) is 1. The number of hydrogen-bond acceptors (Lipinski definition) is 4. The van der Waals surface area contributed by atoms with E-state index in [1.165, 1.54) is 17.5 Å². The molecule has 4 heteroatoms. The standard InChI is InChI=1S/C17H27N3O/c1-19-7-9-20(10-8-19)17(13-18)6-5-14-3-4-16(21-2)11-15(14)12-17/h3-4,11H,5-10,12-13,18H2,1-2H3. The molecule has 1 atom stereocenters. The highest BCUT2D eigenvalue weighted by molar-refractivity contribution is 5.39. The second-order valence-corrected chi connectivity index (χ2v) is 6.53. The summed E-state index contributed by atoms with van der Waals surface area (Å²) in [5.41, 5.74) is 9.27. The lowest BCUT2D eigenvalue weighted by atomic mass is 9.76. The fourth-order valence-electron chi connectivity index (χ4n) is 3.80. The molecule has 1 heterocycles. The molecule has 3 rings (SSSR count). The van der Waals surface area contributed by atoms with E-state index in [0.717, 1.165) is 51.3 Å². The van der Waals surface area contributed by atoms with Gasteiger partial charge >= 0.3 is 0 Å². The van der Waals surface area contributed by atoms with Crippen molar-refractivity contribution in [3.05, 3.63) is 29.3 Å². The summed E-state index contributed by atoms with van der Waals surface area (Å²) in [5, 5.41) is 0. The van der Waals surface area contributed by atoms with Crippen LogP contribution in [0.15, 0.2) is 18.2 Å². The van der Waals surface area contributed by atoms with Crippen LogP contribution < -0.4 is 10.5 Å². The van der Waals surface area contributed by atoms with Gasteiger partial charge in [0.15, 0.2) is 0 Å². The second kappa shape index (κ2) is 5.95. The largest absolute Gasteiger partial charge is 0.497 e. The van der Waals surface area contributed by atoms with Crippen molar-refractivity contribution < 1.29 is 4.74 Å². The molecule has 0 saturated carbocycles. The molecule has 116 valence electrons. The van der Waals surface area contributed by atoms with Crippen LogP contribution in [-0.4, -0.2) is 62.2 Å². The Morgan fingerprint density at radius 3 is 2.62 bits per heavy atom. The van der Waals surface area contributed by atoms with E-state index in [4.69, 9.17) is 10.5 Å². The highest BCUT2D eigenvalue weighted by Crippen LogP contribution is 2.35. The molecule has 1 aliphatic carbocycles. The Morgan fingerprint density at radius 1 is 1.19 bits per heavy atom. The predicted octanol–water partition coefficient (Wildman–Crippen LogP) is 1.13. The summed E-state index contributed by atoms with van der Waals surface area (Å²) in [4.78, 5) is 5.04. The second-order valence-electron chi connectivity index (χ2n) is 6.53. The minimum atomic E-state index is 0.140. The van der Waals surface area contributed by atoms with Crippen LogP contribution in [0.2, 0.25) is 0 Å². The molecule has 0 aromatic heterocycles. The first-order chi connectivity index (χ1) is 10.2. The van der Waals surface area contributed by atoms with Crippen LogP contribution in [-0.2, 0) is 12.8 Å². The maximum atomic E-state index is 6.24. The normalized spacial score (nSPS) is 27.4. The fourth-order valence-corrected chi connectivity index (χ4v) is 3.80. The zero-order valence-electron chi connectivity index (χ0n) is 13.3. The number of nitrogens with zero attached hydrogens (tertiary/aromatic N) is 2. The van der Waals surface area contributed by atoms with Crippen LogP contribution in [0.25, 0.3) is 0 Å². The third kappa shape index (κ3) is 2.80. The number of aryl methyl sites for hydroxylation is 1. The number of rotatable bonds is 3. The van der Waals surface area contributed by atoms with Gasteiger partial charge in [-0.25, -0.2) is 0 Å². The predicted molar refractivity (Wildman–Crippen MR) is 85.9 cm³/mol.